The molecule has 4 rings (SSSR count). The zero-order valence-corrected chi connectivity index (χ0v) is 22.7. The predicted octanol–water partition coefficient (Wildman–Crippen LogP) is 5.77. The van der Waals surface area contributed by atoms with Crippen LogP contribution in [0.1, 0.15) is 43.6 Å². The van der Waals surface area contributed by atoms with Gasteiger partial charge >= 0.3 is 10.1 Å². The van der Waals surface area contributed by atoms with Crippen LogP contribution >= 0.6 is 45.2 Å². The molecule has 3 aromatic carbocycles. The van der Waals surface area contributed by atoms with E-state index in [1.54, 1.807) is 18.2 Å². The molecule has 0 aliphatic heterocycles. The van der Waals surface area contributed by atoms with Crippen LogP contribution in [0.5, 0.6) is 5.75 Å². The highest BCUT2D eigenvalue weighted by atomic mass is 127. The van der Waals surface area contributed by atoms with Gasteiger partial charge < -0.3 is 8.74 Å². The summed E-state index contributed by atoms with van der Waals surface area (Å²) in [7, 11) is -8.95. The molecule has 0 aromatic heterocycles. The van der Waals surface area contributed by atoms with Crippen molar-refractivity contribution >= 4 is 76.2 Å². The zero-order valence-electron chi connectivity index (χ0n) is 16.8. The largest absolute Gasteiger partial charge is 0.744 e. The van der Waals surface area contributed by atoms with Crippen molar-refractivity contribution in [2.75, 3.05) is 0 Å². The van der Waals surface area contributed by atoms with E-state index >= 15 is 0 Å². The first-order valence-electron chi connectivity index (χ1n) is 9.99. The number of hydrogen-bond acceptors (Lipinski definition) is 6. The number of benzene rings is 3. The van der Waals surface area contributed by atoms with Gasteiger partial charge in [-0.25, -0.2) is 8.42 Å². The lowest BCUT2D eigenvalue weighted by Crippen LogP contribution is -2.17. The summed E-state index contributed by atoms with van der Waals surface area (Å²) in [6, 6.07) is 12.1. The highest BCUT2D eigenvalue weighted by molar-refractivity contribution is 14.1. The summed E-state index contributed by atoms with van der Waals surface area (Å²) >= 11 is 4.28. The molecule has 1 saturated carbocycles. The summed E-state index contributed by atoms with van der Waals surface area (Å²) in [6.45, 7) is 0. The number of hydrogen-bond donors (Lipinski definition) is 0. The molecule has 0 unspecified atom stereocenters. The molecule has 0 heterocycles. The number of rotatable bonds is 5. The molecule has 0 atom stereocenters. The summed E-state index contributed by atoms with van der Waals surface area (Å²) in [5.74, 6) is 0.127. The second-order valence-electron chi connectivity index (χ2n) is 7.73. The fraction of sp³-hybridized carbons (Fsp3) is 0.273. The molecule has 1 fully saturated rings. The second-order valence-corrected chi connectivity index (χ2v) is 13.0. The van der Waals surface area contributed by atoms with Crippen LogP contribution in [0.25, 0.3) is 10.8 Å². The van der Waals surface area contributed by atoms with Gasteiger partial charge in [0.05, 0.1) is 4.90 Å². The maximum Gasteiger partial charge on any atom is 0.339 e. The van der Waals surface area contributed by atoms with Crippen LogP contribution < -0.4 is 4.18 Å². The number of fused-ring (bicyclic) bond motifs is 1. The molecule has 1 aliphatic carbocycles. The Bertz CT molecular complexity index is 1400. The Kier molecular flexibility index (Phi) is 7.07. The van der Waals surface area contributed by atoms with Crippen LogP contribution in [0, 0.1) is 7.14 Å². The van der Waals surface area contributed by atoms with E-state index in [1.165, 1.54) is 18.2 Å². The topological polar surface area (TPSA) is 101 Å². The van der Waals surface area contributed by atoms with Gasteiger partial charge in [-0.1, -0.05) is 43.5 Å². The van der Waals surface area contributed by atoms with E-state index in [9.17, 15) is 21.4 Å². The Morgan fingerprint density at radius 1 is 0.844 bits per heavy atom. The minimum atomic E-state index is -4.73. The van der Waals surface area contributed by atoms with E-state index in [0.717, 1.165) is 50.9 Å². The third-order valence-corrected chi connectivity index (χ3v) is 9.34. The molecule has 0 saturated heterocycles. The van der Waals surface area contributed by atoms with Crippen molar-refractivity contribution in [3.63, 3.8) is 0 Å². The van der Waals surface area contributed by atoms with Crippen LogP contribution in [0.15, 0.2) is 58.3 Å². The molecule has 170 valence electrons. The smallest absolute Gasteiger partial charge is 0.339 e. The maximum atomic E-state index is 13.5. The van der Waals surface area contributed by atoms with Gasteiger partial charge in [-0.2, -0.15) is 8.42 Å². The van der Waals surface area contributed by atoms with Gasteiger partial charge in [0, 0.05) is 17.9 Å². The van der Waals surface area contributed by atoms with E-state index in [0.29, 0.717) is 0 Å². The van der Waals surface area contributed by atoms with Gasteiger partial charge in [0.2, 0.25) is 0 Å². The van der Waals surface area contributed by atoms with Gasteiger partial charge in [0.25, 0.3) is 0 Å². The van der Waals surface area contributed by atoms with Crippen LogP contribution in [-0.2, 0) is 20.2 Å². The highest BCUT2D eigenvalue weighted by Gasteiger charge is 2.29. The maximum absolute atomic E-state index is 13.5. The standard InChI is InChI=1S/C22H20I2O6S2/c23-15-12-18(24)22(14-6-2-1-3-7-14)21(13-15)32(28,29)30-19-10-11-20(31(25,26)27)17-9-5-4-8-16(17)19/h4-5,8-14H,1-3,6-7H2,(H,25,26,27)/p-1. The van der Waals surface area contributed by atoms with Crippen molar-refractivity contribution in [2.24, 2.45) is 0 Å². The SMILES string of the molecule is O=S(=O)([O-])c1ccc(OS(=O)(=O)c2cc(I)cc(I)c2C2CCCCC2)c2ccccc12. The Morgan fingerprint density at radius 3 is 2.16 bits per heavy atom. The molecule has 0 radical (unpaired) electrons. The molecule has 10 heteroatoms. The van der Waals surface area contributed by atoms with Crippen LogP contribution in [-0.4, -0.2) is 21.4 Å². The summed E-state index contributed by atoms with van der Waals surface area (Å²) in [4.78, 5) is -0.269. The van der Waals surface area contributed by atoms with E-state index in [2.05, 4.69) is 45.2 Å². The van der Waals surface area contributed by atoms with Gasteiger partial charge in [0.15, 0.2) is 5.75 Å². The first-order valence-corrected chi connectivity index (χ1v) is 15.0. The summed E-state index contributed by atoms with van der Waals surface area (Å²) in [5.41, 5.74) is 0.786. The van der Waals surface area contributed by atoms with E-state index < -0.39 is 25.1 Å². The predicted molar refractivity (Wildman–Crippen MR) is 137 cm³/mol. The van der Waals surface area contributed by atoms with Crippen molar-refractivity contribution in [3.8, 4) is 5.75 Å². The molecule has 6 nitrogen and oxygen atoms in total. The molecular formula is C22H19I2O6S2-. The Morgan fingerprint density at radius 2 is 1.50 bits per heavy atom. The lowest BCUT2D eigenvalue weighted by Gasteiger charge is -2.25. The fourth-order valence-electron chi connectivity index (χ4n) is 4.25. The lowest BCUT2D eigenvalue weighted by atomic mass is 9.84. The normalized spacial score (nSPS) is 15.7. The van der Waals surface area contributed by atoms with Crippen molar-refractivity contribution in [1.29, 1.82) is 0 Å². The van der Waals surface area contributed by atoms with E-state index in [-0.39, 0.29) is 27.3 Å². The van der Waals surface area contributed by atoms with Crippen LogP contribution in [0.2, 0.25) is 0 Å². The first-order chi connectivity index (χ1) is 15.1. The van der Waals surface area contributed by atoms with E-state index in [1.807, 2.05) is 6.07 Å². The Hall–Kier alpha value is -0.960. The monoisotopic (exact) mass is 697 g/mol. The van der Waals surface area contributed by atoms with Crippen LogP contribution in [0.3, 0.4) is 0 Å². The molecule has 1 aliphatic rings. The van der Waals surface area contributed by atoms with Crippen molar-refractivity contribution in [2.45, 2.75) is 47.8 Å². The second kappa shape index (κ2) is 9.35. The zero-order chi connectivity index (χ0) is 23.1. The first kappa shape index (κ1) is 24.2. The summed E-state index contributed by atoms with van der Waals surface area (Å²) in [5, 5.41) is 0.368. The minimum Gasteiger partial charge on any atom is -0.744 e. The van der Waals surface area contributed by atoms with E-state index in [4.69, 9.17) is 4.18 Å². The van der Waals surface area contributed by atoms with Crippen molar-refractivity contribution < 1.29 is 25.6 Å². The summed E-state index contributed by atoms with van der Waals surface area (Å²) in [6.07, 6.45) is 5.12. The molecule has 3 aromatic rings. The summed E-state index contributed by atoms with van der Waals surface area (Å²) < 4.78 is 69.2. The van der Waals surface area contributed by atoms with Gasteiger partial charge in [-0.3, -0.25) is 0 Å². The lowest BCUT2D eigenvalue weighted by molar-refractivity contribution is 0.433. The molecule has 0 bridgehead atoms. The molecule has 0 amide bonds. The molecule has 0 N–H and O–H groups in total. The molecule has 32 heavy (non-hydrogen) atoms. The van der Waals surface area contributed by atoms with Gasteiger partial charge in [0.1, 0.15) is 15.0 Å². The highest BCUT2D eigenvalue weighted by Crippen LogP contribution is 2.41. The Labute approximate surface area is 214 Å². The average Bonchev–Trinajstić information content (AvgIpc) is 2.73. The average molecular weight is 697 g/mol. The van der Waals surface area contributed by atoms with Crippen molar-refractivity contribution in [3.05, 3.63) is 61.2 Å². The number of halogens is 2. The van der Waals surface area contributed by atoms with Crippen LogP contribution in [0.4, 0.5) is 0 Å². The molecular weight excluding hydrogens is 678 g/mol. The third-order valence-electron chi connectivity index (χ3n) is 5.65. The van der Waals surface area contributed by atoms with Gasteiger partial charge in [-0.05, 0) is 93.8 Å². The third kappa shape index (κ3) is 4.93. The molecule has 0 spiro atoms. The van der Waals surface area contributed by atoms with Crippen molar-refractivity contribution in [1.82, 2.24) is 0 Å². The quantitative estimate of drug-likeness (QED) is 0.191. The fourth-order valence-corrected chi connectivity index (χ4v) is 8.90. The van der Waals surface area contributed by atoms with Gasteiger partial charge in [-0.15, -0.1) is 0 Å². The Balaban J connectivity index is 1.84. The minimum absolute atomic E-state index is 0.0172.